The van der Waals surface area contributed by atoms with Crippen LogP contribution in [0.5, 0.6) is 0 Å². The molecule has 0 N–H and O–H groups in total. The van der Waals surface area contributed by atoms with Crippen molar-refractivity contribution in [2.24, 2.45) is 0 Å². The van der Waals surface area contributed by atoms with Crippen molar-refractivity contribution in [2.75, 3.05) is 0 Å². The maximum absolute atomic E-state index is 2.25. The first kappa shape index (κ1) is 18.9. The van der Waals surface area contributed by atoms with Crippen LogP contribution in [0.25, 0.3) is 0 Å². The van der Waals surface area contributed by atoms with Crippen LogP contribution in [0.4, 0.5) is 0 Å². The molecule has 0 fully saturated rings. The fourth-order valence-corrected chi connectivity index (χ4v) is 1.03. The molecular weight excluding hydrogens is 235 g/mol. The Labute approximate surface area is 103 Å². The molecule has 13 heavy (non-hydrogen) atoms. The van der Waals surface area contributed by atoms with Crippen molar-refractivity contribution in [2.45, 2.75) is 33.1 Å². The Hall–Kier alpha value is 0.233. The van der Waals surface area contributed by atoms with E-state index in [4.69, 9.17) is 0 Å². The third kappa shape index (κ3) is 5.52. The predicted molar refractivity (Wildman–Crippen MR) is 58.3 cm³/mol. The van der Waals surface area contributed by atoms with Crippen molar-refractivity contribution in [1.82, 2.24) is 0 Å². The summed E-state index contributed by atoms with van der Waals surface area (Å²) < 4.78 is 0. The Morgan fingerprint density at radius 3 is 1.77 bits per heavy atom. The summed E-state index contributed by atoms with van der Waals surface area (Å²) in [6, 6.07) is 6.62. The average Bonchev–Trinajstić information content (AvgIpc) is 2.11. The molecule has 1 rings (SSSR count). The van der Waals surface area contributed by atoms with E-state index >= 15 is 0 Å². The molecule has 0 saturated carbocycles. The standard InChI is InChI=1S/C10H15.2CH3.Zr/c1-8-5-6-9(7-8)10(2,3)4;;;/h5-7H,1-4H3;2*1H3;/q3*-1;+3. The van der Waals surface area contributed by atoms with Crippen LogP contribution in [0, 0.1) is 21.8 Å². The second kappa shape index (κ2) is 6.65. The van der Waals surface area contributed by atoms with E-state index in [1.54, 1.807) is 0 Å². The Morgan fingerprint density at radius 1 is 1.15 bits per heavy atom. The molecule has 0 unspecified atom stereocenters. The van der Waals surface area contributed by atoms with Crippen molar-refractivity contribution in [3.05, 3.63) is 44.2 Å². The molecule has 0 aliphatic carbocycles. The molecule has 0 spiro atoms. The third-order valence-electron chi connectivity index (χ3n) is 1.77. The van der Waals surface area contributed by atoms with Gasteiger partial charge in [-0.1, -0.05) is 33.1 Å². The molecular formula is C12H21Zr. The van der Waals surface area contributed by atoms with E-state index in [0.29, 0.717) is 5.41 Å². The van der Waals surface area contributed by atoms with Crippen LogP contribution in [0.2, 0.25) is 0 Å². The smallest absolute Gasteiger partial charge is 0.358 e. The zero-order valence-electron chi connectivity index (χ0n) is 9.73. The van der Waals surface area contributed by atoms with E-state index in [1.807, 2.05) is 0 Å². The zero-order chi connectivity index (χ0) is 7.78. The van der Waals surface area contributed by atoms with Crippen LogP contribution >= 0.6 is 0 Å². The number of hydrogen-bond donors (Lipinski definition) is 0. The summed E-state index contributed by atoms with van der Waals surface area (Å²) in [6.07, 6.45) is 0. The van der Waals surface area contributed by atoms with Gasteiger partial charge in [-0.15, -0.1) is 0 Å². The van der Waals surface area contributed by atoms with E-state index in [2.05, 4.69) is 45.9 Å². The molecule has 0 aliphatic rings. The minimum atomic E-state index is 0. The molecule has 1 aromatic rings. The van der Waals surface area contributed by atoms with E-state index < -0.39 is 0 Å². The second-order valence-corrected chi connectivity index (χ2v) is 3.93. The van der Waals surface area contributed by atoms with Gasteiger partial charge >= 0.3 is 26.2 Å². The van der Waals surface area contributed by atoms with Gasteiger partial charge in [0.1, 0.15) is 0 Å². The van der Waals surface area contributed by atoms with Gasteiger partial charge in [0, 0.05) is 0 Å². The van der Waals surface area contributed by atoms with Crippen LogP contribution in [0.1, 0.15) is 31.9 Å². The van der Waals surface area contributed by atoms with Crippen LogP contribution < -0.4 is 0 Å². The van der Waals surface area contributed by atoms with Gasteiger partial charge < -0.3 is 14.9 Å². The van der Waals surface area contributed by atoms with Crippen LogP contribution in [0.3, 0.4) is 0 Å². The van der Waals surface area contributed by atoms with E-state index in [9.17, 15) is 0 Å². The molecule has 0 aromatic heterocycles. The van der Waals surface area contributed by atoms with Gasteiger partial charge in [-0.05, 0) is 0 Å². The third-order valence-corrected chi connectivity index (χ3v) is 1.77. The van der Waals surface area contributed by atoms with Gasteiger partial charge in [0.15, 0.2) is 0 Å². The molecule has 1 radical (unpaired) electrons. The first-order valence-corrected chi connectivity index (χ1v) is 3.74. The van der Waals surface area contributed by atoms with Crippen molar-refractivity contribution in [3.8, 4) is 0 Å². The summed E-state index contributed by atoms with van der Waals surface area (Å²) in [5.74, 6) is 0. The molecule has 0 aliphatic heterocycles. The predicted octanol–water partition coefficient (Wildman–Crippen LogP) is 3.91. The summed E-state index contributed by atoms with van der Waals surface area (Å²) in [6.45, 7) is 8.85. The number of rotatable bonds is 0. The molecule has 73 valence electrons. The largest absolute Gasteiger partial charge is 3.00 e. The molecule has 0 saturated heterocycles. The monoisotopic (exact) mass is 255 g/mol. The maximum Gasteiger partial charge on any atom is 3.00 e. The molecule has 1 aromatic carbocycles. The normalized spacial score (nSPS) is 9.23. The topological polar surface area (TPSA) is 0 Å². The molecule has 1 heteroatoms. The van der Waals surface area contributed by atoms with Gasteiger partial charge in [0.05, 0.1) is 0 Å². The minimum Gasteiger partial charge on any atom is -0.358 e. The van der Waals surface area contributed by atoms with Crippen molar-refractivity contribution in [1.29, 1.82) is 0 Å². The fourth-order valence-electron chi connectivity index (χ4n) is 1.03. The Kier molecular flexibility index (Phi) is 9.68. The first-order chi connectivity index (χ1) is 4.50. The molecule has 0 atom stereocenters. The second-order valence-electron chi connectivity index (χ2n) is 3.93. The Balaban J connectivity index is -0.000000333. The average molecular weight is 257 g/mol. The Morgan fingerprint density at radius 2 is 1.62 bits per heavy atom. The first-order valence-electron chi connectivity index (χ1n) is 3.74. The number of hydrogen-bond acceptors (Lipinski definition) is 0. The number of aryl methyl sites for hydroxylation is 1. The van der Waals surface area contributed by atoms with Gasteiger partial charge in [-0.25, -0.2) is 6.07 Å². The maximum atomic E-state index is 2.25. The molecule has 0 heterocycles. The van der Waals surface area contributed by atoms with E-state index in [0.717, 1.165) is 0 Å². The van der Waals surface area contributed by atoms with Crippen LogP contribution in [0.15, 0.2) is 18.2 Å². The van der Waals surface area contributed by atoms with Gasteiger partial charge in [-0.3, -0.25) is 0 Å². The SMILES string of the molecule is Cc1cc(C(C)(C)C)c[cH-]1.[CH3-].[CH3-].[Zr+3]. The van der Waals surface area contributed by atoms with Gasteiger partial charge in [0.2, 0.25) is 0 Å². The quantitative estimate of drug-likeness (QED) is 0.617. The van der Waals surface area contributed by atoms with Crippen molar-refractivity contribution >= 4 is 0 Å². The van der Waals surface area contributed by atoms with Gasteiger partial charge in [-0.2, -0.15) is 23.3 Å². The summed E-state index contributed by atoms with van der Waals surface area (Å²) >= 11 is 0. The fraction of sp³-hybridized carbons (Fsp3) is 0.417. The zero-order valence-corrected chi connectivity index (χ0v) is 12.2. The van der Waals surface area contributed by atoms with Crippen LogP contribution in [-0.4, -0.2) is 0 Å². The summed E-state index contributed by atoms with van der Waals surface area (Å²) in [5.41, 5.74) is 3.11. The summed E-state index contributed by atoms with van der Waals surface area (Å²) in [5, 5.41) is 0. The summed E-state index contributed by atoms with van der Waals surface area (Å²) in [7, 11) is 0. The minimum absolute atomic E-state index is 0. The van der Waals surface area contributed by atoms with E-state index in [-0.39, 0.29) is 41.1 Å². The summed E-state index contributed by atoms with van der Waals surface area (Å²) in [4.78, 5) is 0. The van der Waals surface area contributed by atoms with E-state index in [1.165, 1.54) is 11.1 Å². The molecule has 0 nitrogen and oxygen atoms in total. The van der Waals surface area contributed by atoms with Crippen LogP contribution in [-0.2, 0) is 31.6 Å². The van der Waals surface area contributed by atoms with Crippen molar-refractivity contribution < 1.29 is 26.2 Å². The van der Waals surface area contributed by atoms with Gasteiger partial charge in [0.25, 0.3) is 0 Å². The van der Waals surface area contributed by atoms with Crippen molar-refractivity contribution in [3.63, 3.8) is 0 Å². The Bertz CT molecular complexity index is 215. The molecule has 0 amide bonds. The molecule has 0 bridgehead atoms.